The van der Waals surface area contributed by atoms with Gasteiger partial charge in [0, 0.05) is 24.5 Å². The Kier molecular flexibility index (Phi) is 4.73. The number of carbonyl (C=O) groups excluding carboxylic acids is 1. The molecule has 0 unspecified atom stereocenters. The van der Waals surface area contributed by atoms with Crippen LogP contribution in [0.3, 0.4) is 0 Å². The van der Waals surface area contributed by atoms with Crippen molar-refractivity contribution >= 4 is 11.8 Å². The standard InChI is InChI=1S/C19H16F3N3O2/c1-10-8-19(2,25-18(23)27-10)13-5-11(3-4-14(13)21)6-16(26)17-15(22)7-12(20)9-24-17/h3-5,7,9H,1,6,8H2,2H3,(H2,23,25)/t19-/m0/s1. The number of halogens is 3. The second-order valence-corrected chi connectivity index (χ2v) is 6.44. The molecular weight excluding hydrogens is 359 g/mol. The molecule has 0 aliphatic carbocycles. The summed E-state index contributed by atoms with van der Waals surface area (Å²) in [5.74, 6) is -2.78. The average Bonchev–Trinajstić information content (AvgIpc) is 2.55. The van der Waals surface area contributed by atoms with E-state index < -0.39 is 34.5 Å². The maximum absolute atomic E-state index is 14.4. The van der Waals surface area contributed by atoms with E-state index in [0.29, 0.717) is 17.4 Å². The molecule has 0 saturated heterocycles. The van der Waals surface area contributed by atoms with Gasteiger partial charge < -0.3 is 10.5 Å². The number of ketones is 1. The van der Waals surface area contributed by atoms with Gasteiger partial charge >= 0.3 is 0 Å². The van der Waals surface area contributed by atoms with Crippen LogP contribution in [0, 0.1) is 17.5 Å². The number of nitrogens with two attached hydrogens (primary N) is 1. The van der Waals surface area contributed by atoms with E-state index in [0.717, 1.165) is 6.20 Å². The Bertz CT molecular complexity index is 975. The van der Waals surface area contributed by atoms with Gasteiger partial charge in [-0.25, -0.2) is 23.1 Å². The fraction of sp³-hybridized carbons (Fsp3) is 0.211. The van der Waals surface area contributed by atoms with Crippen molar-refractivity contribution in [3.05, 3.63) is 77.1 Å². The Labute approximate surface area is 153 Å². The smallest absolute Gasteiger partial charge is 0.288 e. The molecule has 0 saturated carbocycles. The number of hydrogen-bond acceptors (Lipinski definition) is 5. The lowest BCUT2D eigenvalue weighted by Gasteiger charge is -2.31. The number of aliphatic imine (C=N–C) groups is 1. The van der Waals surface area contributed by atoms with Crippen molar-refractivity contribution in [1.82, 2.24) is 4.98 Å². The molecule has 0 bridgehead atoms. The number of amidine groups is 1. The van der Waals surface area contributed by atoms with Crippen LogP contribution in [-0.4, -0.2) is 16.8 Å². The maximum Gasteiger partial charge on any atom is 0.288 e. The summed E-state index contributed by atoms with van der Waals surface area (Å²) >= 11 is 0. The first-order valence-electron chi connectivity index (χ1n) is 8.02. The lowest BCUT2D eigenvalue weighted by Crippen LogP contribution is -2.33. The van der Waals surface area contributed by atoms with Crippen molar-refractivity contribution in [1.29, 1.82) is 0 Å². The zero-order chi connectivity index (χ0) is 19.8. The minimum atomic E-state index is -1.05. The molecule has 0 amide bonds. The molecule has 1 aliphatic heterocycles. The summed E-state index contributed by atoms with van der Waals surface area (Å²) in [6.07, 6.45) is 0.726. The van der Waals surface area contributed by atoms with E-state index in [1.807, 2.05) is 0 Å². The lowest BCUT2D eigenvalue weighted by molar-refractivity contribution is 0.0983. The molecule has 8 heteroatoms. The second-order valence-electron chi connectivity index (χ2n) is 6.44. The lowest BCUT2D eigenvalue weighted by atomic mass is 9.86. The SMILES string of the molecule is C=C1C[C@@](C)(c2cc(CC(=O)c3ncc(F)cc3F)ccc2F)N=C(N)O1. The van der Waals surface area contributed by atoms with Gasteiger partial charge in [0.2, 0.25) is 0 Å². The van der Waals surface area contributed by atoms with Crippen LogP contribution in [0.5, 0.6) is 0 Å². The molecule has 140 valence electrons. The maximum atomic E-state index is 14.4. The minimum absolute atomic E-state index is 0.132. The van der Waals surface area contributed by atoms with E-state index >= 15 is 0 Å². The van der Waals surface area contributed by atoms with Crippen LogP contribution < -0.4 is 5.73 Å². The van der Waals surface area contributed by atoms with Gasteiger partial charge in [-0.15, -0.1) is 0 Å². The number of nitrogens with zero attached hydrogens (tertiary/aromatic N) is 2. The van der Waals surface area contributed by atoms with E-state index in [9.17, 15) is 18.0 Å². The van der Waals surface area contributed by atoms with Gasteiger partial charge in [-0.3, -0.25) is 4.79 Å². The van der Waals surface area contributed by atoms with Gasteiger partial charge in [-0.1, -0.05) is 12.6 Å². The van der Waals surface area contributed by atoms with Gasteiger partial charge in [-0.05, 0) is 24.6 Å². The Hall–Kier alpha value is -3.16. The number of carbonyl (C=O) groups is 1. The highest BCUT2D eigenvalue weighted by Gasteiger charge is 2.35. The highest BCUT2D eigenvalue weighted by molar-refractivity contribution is 5.96. The fourth-order valence-electron chi connectivity index (χ4n) is 3.01. The largest absolute Gasteiger partial charge is 0.431 e. The van der Waals surface area contributed by atoms with Gasteiger partial charge in [0.1, 0.15) is 23.1 Å². The van der Waals surface area contributed by atoms with Crippen LogP contribution >= 0.6 is 0 Å². The van der Waals surface area contributed by atoms with Crippen molar-refractivity contribution < 1.29 is 22.7 Å². The third-order valence-electron chi connectivity index (χ3n) is 4.19. The molecule has 2 aromatic rings. The first kappa shape index (κ1) is 18.6. The number of ether oxygens (including phenoxy) is 1. The molecule has 1 aromatic carbocycles. The topological polar surface area (TPSA) is 77.6 Å². The predicted octanol–water partition coefficient (Wildman–Crippen LogP) is 3.39. The third-order valence-corrected chi connectivity index (χ3v) is 4.19. The number of pyridine rings is 1. The molecule has 0 radical (unpaired) electrons. The van der Waals surface area contributed by atoms with Crippen LogP contribution in [0.1, 0.15) is 35.0 Å². The summed E-state index contributed by atoms with van der Waals surface area (Å²) < 4.78 is 46.2. The molecule has 5 nitrogen and oxygen atoms in total. The molecule has 0 fully saturated rings. The molecule has 1 aromatic heterocycles. The van der Waals surface area contributed by atoms with E-state index in [-0.39, 0.29) is 24.4 Å². The van der Waals surface area contributed by atoms with E-state index in [2.05, 4.69) is 16.6 Å². The highest BCUT2D eigenvalue weighted by Crippen LogP contribution is 2.37. The van der Waals surface area contributed by atoms with Crippen molar-refractivity contribution in [2.75, 3.05) is 0 Å². The van der Waals surface area contributed by atoms with Crippen LogP contribution in [0.2, 0.25) is 0 Å². The Morgan fingerprint density at radius 1 is 1.30 bits per heavy atom. The second kappa shape index (κ2) is 6.86. The zero-order valence-corrected chi connectivity index (χ0v) is 14.4. The summed E-state index contributed by atoms with van der Waals surface area (Å²) in [6.45, 7) is 5.37. The van der Waals surface area contributed by atoms with Crippen molar-refractivity contribution in [3.8, 4) is 0 Å². The molecule has 2 heterocycles. The molecule has 0 spiro atoms. The van der Waals surface area contributed by atoms with Gasteiger partial charge in [-0.2, -0.15) is 0 Å². The third kappa shape index (κ3) is 3.84. The van der Waals surface area contributed by atoms with Crippen LogP contribution in [0.4, 0.5) is 13.2 Å². The highest BCUT2D eigenvalue weighted by atomic mass is 19.1. The monoisotopic (exact) mass is 375 g/mol. The van der Waals surface area contributed by atoms with Crippen molar-refractivity contribution in [2.45, 2.75) is 25.3 Å². The summed E-state index contributed by atoms with van der Waals surface area (Å²) in [7, 11) is 0. The first-order valence-corrected chi connectivity index (χ1v) is 8.02. The molecule has 27 heavy (non-hydrogen) atoms. The van der Waals surface area contributed by atoms with E-state index in [1.54, 1.807) is 6.92 Å². The van der Waals surface area contributed by atoms with Gasteiger partial charge in [0.15, 0.2) is 11.6 Å². The fourth-order valence-corrected chi connectivity index (χ4v) is 3.01. The molecule has 2 N–H and O–H groups in total. The summed E-state index contributed by atoms with van der Waals surface area (Å²) in [6, 6.07) is 4.52. The normalized spacial score (nSPS) is 19.4. The van der Waals surface area contributed by atoms with Crippen molar-refractivity contribution in [2.24, 2.45) is 10.7 Å². The quantitative estimate of drug-likeness (QED) is 0.831. The minimum Gasteiger partial charge on any atom is -0.431 e. The van der Waals surface area contributed by atoms with Gasteiger partial charge in [0.25, 0.3) is 6.02 Å². The first-order chi connectivity index (χ1) is 12.7. The van der Waals surface area contributed by atoms with Crippen LogP contribution in [0.25, 0.3) is 0 Å². The van der Waals surface area contributed by atoms with Crippen LogP contribution in [0.15, 0.2) is 47.8 Å². The van der Waals surface area contributed by atoms with Crippen LogP contribution in [-0.2, 0) is 16.7 Å². The number of aromatic nitrogens is 1. The molecule has 3 rings (SSSR count). The van der Waals surface area contributed by atoms with Gasteiger partial charge in [0.05, 0.1) is 11.7 Å². The number of Topliss-reactive ketones (excluding diaryl/α,β-unsaturated/α-hetero) is 1. The molecule has 1 aliphatic rings. The van der Waals surface area contributed by atoms with Crippen molar-refractivity contribution in [3.63, 3.8) is 0 Å². The average molecular weight is 375 g/mol. The predicted molar refractivity (Wildman–Crippen MR) is 92.4 cm³/mol. The number of benzene rings is 1. The summed E-state index contributed by atoms with van der Waals surface area (Å²) in [5.41, 5.74) is 4.72. The van der Waals surface area contributed by atoms with E-state index in [4.69, 9.17) is 10.5 Å². The number of hydrogen-bond donors (Lipinski definition) is 1. The Morgan fingerprint density at radius 2 is 2.04 bits per heavy atom. The summed E-state index contributed by atoms with van der Waals surface area (Å²) in [5, 5.41) is 0. The Morgan fingerprint density at radius 3 is 2.70 bits per heavy atom. The molecular formula is C19H16F3N3O2. The zero-order valence-electron chi connectivity index (χ0n) is 14.4. The molecule has 1 atom stereocenters. The summed E-state index contributed by atoms with van der Waals surface area (Å²) in [4.78, 5) is 20.0. The number of rotatable bonds is 4. The van der Waals surface area contributed by atoms with E-state index in [1.165, 1.54) is 18.2 Å². The Balaban J connectivity index is 1.93.